The molecule has 0 heterocycles. The second-order valence-electron chi connectivity index (χ2n) is 5.21. The Labute approximate surface area is 131 Å². The number of alkyl halides is 3. The number of anilines is 1. The molecule has 0 saturated carbocycles. The van der Waals surface area contributed by atoms with Gasteiger partial charge in [-0.25, -0.2) is 4.79 Å². The molecule has 0 spiro atoms. The van der Waals surface area contributed by atoms with Crippen molar-refractivity contribution in [3.05, 3.63) is 64.7 Å². The Kier molecular flexibility index (Phi) is 4.93. The van der Waals surface area contributed by atoms with E-state index in [9.17, 15) is 18.0 Å². The topological polar surface area (TPSA) is 49.3 Å². The zero-order valence-corrected chi connectivity index (χ0v) is 12.4. The summed E-state index contributed by atoms with van der Waals surface area (Å²) in [5.41, 5.74) is 1.67. The van der Waals surface area contributed by atoms with Crippen molar-refractivity contribution < 1.29 is 23.1 Å². The number of carboxylic acids is 1. The van der Waals surface area contributed by atoms with Crippen molar-refractivity contribution in [2.45, 2.75) is 19.5 Å². The number of hydrogen-bond donors (Lipinski definition) is 2. The number of carbonyl (C=O) groups is 1. The van der Waals surface area contributed by atoms with Crippen LogP contribution in [0.3, 0.4) is 0 Å². The van der Waals surface area contributed by atoms with E-state index in [0.717, 1.165) is 17.7 Å². The molecule has 0 aliphatic heterocycles. The van der Waals surface area contributed by atoms with Gasteiger partial charge in [0.05, 0.1) is 11.1 Å². The van der Waals surface area contributed by atoms with Gasteiger partial charge in [0.2, 0.25) is 0 Å². The summed E-state index contributed by atoms with van der Waals surface area (Å²) < 4.78 is 37.4. The molecule has 0 atom stereocenters. The van der Waals surface area contributed by atoms with Crippen LogP contribution < -0.4 is 5.32 Å². The zero-order chi connectivity index (χ0) is 17.0. The van der Waals surface area contributed by atoms with Gasteiger partial charge in [-0.15, -0.1) is 0 Å². The third kappa shape index (κ3) is 4.48. The number of benzene rings is 2. The van der Waals surface area contributed by atoms with Crippen molar-refractivity contribution in [3.63, 3.8) is 0 Å². The summed E-state index contributed by atoms with van der Waals surface area (Å²) >= 11 is 0. The highest BCUT2D eigenvalue weighted by molar-refractivity contribution is 5.90. The lowest BCUT2D eigenvalue weighted by Crippen LogP contribution is -2.08. The molecule has 0 fully saturated rings. The number of carboxylic acid groups (broad SMARTS) is 1. The normalized spacial score (nSPS) is 11.3. The SMILES string of the molecule is Cc1ccc(NCCc2ccc(C(F)(F)F)cc2)cc1C(=O)O. The fraction of sp³-hybridized carbons (Fsp3) is 0.235. The van der Waals surface area contributed by atoms with Crippen LogP contribution in [0.4, 0.5) is 18.9 Å². The summed E-state index contributed by atoms with van der Waals surface area (Å²) in [5, 5.41) is 12.1. The molecular weight excluding hydrogens is 307 g/mol. The fourth-order valence-electron chi connectivity index (χ4n) is 2.17. The van der Waals surface area contributed by atoms with Gasteiger partial charge in [-0.2, -0.15) is 13.2 Å². The first-order valence-corrected chi connectivity index (χ1v) is 7.01. The smallest absolute Gasteiger partial charge is 0.416 e. The molecule has 0 aliphatic rings. The Balaban J connectivity index is 1.95. The number of hydrogen-bond acceptors (Lipinski definition) is 2. The van der Waals surface area contributed by atoms with Crippen molar-refractivity contribution in [3.8, 4) is 0 Å². The molecule has 23 heavy (non-hydrogen) atoms. The third-order valence-corrected chi connectivity index (χ3v) is 3.49. The molecular formula is C17H16F3NO2. The Morgan fingerprint density at radius 2 is 1.78 bits per heavy atom. The van der Waals surface area contributed by atoms with E-state index in [1.54, 1.807) is 25.1 Å². The molecule has 0 bridgehead atoms. The van der Waals surface area contributed by atoms with Gasteiger partial charge in [-0.05, 0) is 48.7 Å². The minimum absolute atomic E-state index is 0.226. The Bertz CT molecular complexity index is 694. The Morgan fingerprint density at radius 3 is 2.35 bits per heavy atom. The molecule has 0 aromatic heterocycles. The molecule has 0 radical (unpaired) electrons. The molecule has 2 aromatic carbocycles. The van der Waals surface area contributed by atoms with E-state index >= 15 is 0 Å². The molecule has 2 aromatic rings. The lowest BCUT2D eigenvalue weighted by Gasteiger charge is -2.10. The lowest BCUT2D eigenvalue weighted by molar-refractivity contribution is -0.137. The van der Waals surface area contributed by atoms with Crippen molar-refractivity contribution in [1.82, 2.24) is 0 Å². The van der Waals surface area contributed by atoms with Gasteiger partial charge in [0, 0.05) is 12.2 Å². The summed E-state index contributed by atoms with van der Waals surface area (Å²) in [6.45, 7) is 2.21. The summed E-state index contributed by atoms with van der Waals surface area (Å²) in [6.07, 6.45) is -3.79. The monoisotopic (exact) mass is 323 g/mol. The predicted octanol–water partition coefficient (Wildman–Crippen LogP) is 4.37. The highest BCUT2D eigenvalue weighted by Gasteiger charge is 2.29. The van der Waals surface area contributed by atoms with Crippen LogP contribution in [0.25, 0.3) is 0 Å². The highest BCUT2D eigenvalue weighted by atomic mass is 19.4. The van der Waals surface area contributed by atoms with Crippen molar-refractivity contribution in [2.24, 2.45) is 0 Å². The summed E-state index contributed by atoms with van der Waals surface area (Å²) in [7, 11) is 0. The summed E-state index contributed by atoms with van der Waals surface area (Å²) in [6, 6.07) is 10.0. The van der Waals surface area contributed by atoms with Crippen LogP contribution in [0.1, 0.15) is 27.0 Å². The van der Waals surface area contributed by atoms with E-state index in [2.05, 4.69) is 5.32 Å². The van der Waals surface area contributed by atoms with Crippen LogP contribution >= 0.6 is 0 Å². The van der Waals surface area contributed by atoms with Crippen LogP contribution in [0.5, 0.6) is 0 Å². The number of aryl methyl sites for hydroxylation is 1. The van der Waals surface area contributed by atoms with Gasteiger partial charge >= 0.3 is 12.1 Å². The minimum Gasteiger partial charge on any atom is -0.478 e. The molecule has 3 nitrogen and oxygen atoms in total. The van der Waals surface area contributed by atoms with Crippen molar-refractivity contribution >= 4 is 11.7 Å². The first-order valence-electron chi connectivity index (χ1n) is 7.01. The largest absolute Gasteiger partial charge is 0.478 e. The average molecular weight is 323 g/mol. The quantitative estimate of drug-likeness (QED) is 0.859. The average Bonchev–Trinajstić information content (AvgIpc) is 2.48. The van der Waals surface area contributed by atoms with E-state index in [1.165, 1.54) is 12.1 Å². The van der Waals surface area contributed by atoms with Crippen LogP contribution in [-0.2, 0) is 12.6 Å². The number of aromatic carboxylic acids is 1. The maximum absolute atomic E-state index is 12.5. The molecule has 2 rings (SSSR count). The first kappa shape index (κ1) is 16.9. The van der Waals surface area contributed by atoms with Gasteiger partial charge in [-0.1, -0.05) is 18.2 Å². The van der Waals surface area contributed by atoms with Gasteiger partial charge < -0.3 is 10.4 Å². The summed E-state index contributed by atoms with van der Waals surface area (Å²) in [5.74, 6) is -0.992. The van der Waals surface area contributed by atoms with Gasteiger partial charge in [0.15, 0.2) is 0 Å². The molecule has 0 aliphatic carbocycles. The molecule has 2 N–H and O–H groups in total. The highest BCUT2D eigenvalue weighted by Crippen LogP contribution is 2.29. The maximum Gasteiger partial charge on any atom is 0.416 e. The molecule has 0 saturated heterocycles. The minimum atomic E-state index is -4.33. The van der Waals surface area contributed by atoms with Crippen LogP contribution in [0.2, 0.25) is 0 Å². The zero-order valence-electron chi connectivity index (χ0n) is 12.4. The van der Waals surface area contributed by atoms with E-state index in [-0.39, 0.29) is 5.56 Å². The second-order valence-corrected chi connectivity index (χ2v) is 5.21. The van der Waals surface area contributed by atoms with Crippen LogP contribution in [0.15, 0.2) is 42.5 Å². The van der Waals surface area contributed by atoms with E-state index in [1.807, 2.05) is 0 Å². The Hall–Kier alpha value is -2.50. The third-order valence-electron chi connectivity index (χ3n) is 3.49. The molecule has 6 heteroatoms. The molecule has 122 valence electrons. The maximum atomic E-state index is 12.5. The van der Waals surface area contributed by atoms with E-state index in [0.29, 0.717) is 24.2 Å². The number of halogens is 3. The van der Waals surface area contributed by atoms with E-state index < -0.39 is 17.7 Å². The number of nitrogens with one attached hydrogen (secondary N) is 1. The van der Waals surface area contributed by atoms with Crippen LogP contribution in [0, 0.1) is 6.92 Å². The predicted molar refractivity (Wildman–Crippen MR) is 81.8 cm³/mol. The van der Waals surface area contributed by atoms with Gasteiger partial charge in [0.25, 0.3) is 0 Å². The van der Waals surface area contributed by atoms with Crippen molar-refractivity contribution in [1.29, 1.82) is 0 Å². The second kappa shape index (κ2) is 6.73. The van der Waals surface area contributed by atoms with Gasteiger partial charge in [-0.3, -0.25) is 0 Å². The molecule has 0 amide bonds. The Morgan fingerprint density at radius 1 is 1.13 bits per heavy atom. The van der Waals surface area contributed by atoms with Gasteiger partial charge in [0.1, 0.15) is 0 Å². The molecule has 0 unspecified atom stereocenters. The van der Waals surface area contributed by atoms with Crippen molar-refractivity contribution in [2.75, 3.05) is 11.9 Å². The fourth-order valence-corrected chi connectivity index (χ4v) is 2.17. The summed E-state index contributed by atoms with van der Waals surface area (Å²) in [4.78, 5) is 11.1. The van der Waals surface area contributed by atoms with Crippen LogP contribution in [-0.4, -0.2) is 17.6 Å². The first-order chi connectivity index (χ1) is 10.8. The lowest BCUT2D eigenvalue weighted by atomic mass is 10.1. The van der Waals surface area contributed by atoms with E-state index in [4.69, 9.17) is 5.11 Å². The standard InChI is InChI=1S/C17H16F3NO2/c1-11-2-7-14(10-15(11)16(22)23)21-9-8-12-3-5-13(6-4-12)17(18,19)20/h2-7,10,21H,8-9H2,1H3,(H,22,23). The number of rotatable bonds is 5.